The molecule has 70 valence electrons. The van der Waals surface area contributed by atoms with Gasteiger partial charge in [0.15, 0.2) is 0 Å². The third-order valence-corrected chi connectivity index (χ3v) is 1.75. The quantitative estimate of drug-likeness (QED) is 0.680. The van der Waals surface area contributed by atoms with Crippen molar-refractivity contribution in [2.75, 3.05) is 6.26 Å². The van der Waals surface area contributed by atoms with Gasteiger partial charge in [-0.3, -0.25) is 4.72 Å². The van der Waals surface area contributed by atoms with E-state index in [0.29, 0.717) is 5.70 Å². The van der Waals surface area contributed by atoms with Gasteiger partial charge in [0.2, 0.25) is 10.0 Å². The lowest BCUT2D eigenvalue weighted by Crippen LogP contribution is -2.19. The highest BCUT2D eigenvalue weighted by atomic mass is 32.2. The van der Waals surface area contributed by atoms with Crippen molar-refractivity contribution in [3.8, 4) is 0 Å². The zero-order chi connectivity index (χ0) is 9.61. The van der Waals surface area contributed by atoms with E-state index < -0.39 is 10.0 Å². The Balaban J connectivity index is 4.32. The van der Waals surface area contributed by atoms with Crippen LogP contribution in [0.5, 0.6) is 0 Å². The van der Waals surface area contributed by atoms with E-state index >= 15 is 0 Å². The van der Waals surface area contributed by atoms with Crippen LogP contribution >= 0.6 is 0 Å². The molecule has 4 heteroatoms. The highest BCUT2D eigenvalue weighted by Gasteiger charge is 1.99. The van der Waals surface area contributed by atoms with Crippen molar-refractivity contribution in [2.24, 2.45) is 0 Å². The largest absolute Gasteiger partial charge is 0.284 e. The minimum Gasteiger partial charge on any atom is -0.284 e. The van der Waals surface area contributed by atoms with Crippen LogP contribution in [0.1, 0.15) is 20.3 Å². The topological polar surface area (TPSA) is 46.2 Å². The van der Waals surface area contributed by atoms with Crippen LogP contribution in [-0.2, 0) is 10.0 Å². The zero-order valence-electron chi connectivity index (χ0n) is 7.66. The van der Waals surface area contributed by atoms with Gasteiger partial charge in [-0.05, 0) is 19.4 Å². The molecule has 0 unspecified atom stereocenters. The second-order valence-corrected chi connectivity index (χ2v) is 4.18. The van der Waals surface area contributed by atoms with Crippen molar-refractivity contribution in [1.29, 1.82) is 0 Å². The summed E-state index contributed by atoms with van der Waals surface area (Å²) in [5.41, 5.74) is 0.611. The Labute approximate surface area is 74.2 Å². The van der Waals surface area contributed by atoms with Crippen LogP contribution in [0.3, 0.4) is 0 Å². The van der Waals surface area contributed by atoms with Gasteiger partial charge in [0.25, 0.3) is 0 Å². The third kappa shape index (κ3) is 5.97. The molecule has 0 bridgehead atoms. The summed E-state index contributed by atoms with van der Waals surface area (Å²) < 4.78 is 23.9. The summed E-state index contributed by atoms with van der Waals surface area (Å²) in [7, 11) is -3.14. The van der Waals surface area contributed by atoms with Gasteiger partial charge in [0.05, 0.1) is 6.26 Å². The fraction of sp³-hybridized carbons (Fsp3) is 0.500. The highest BCUT2D eigenvalue weighted by molar-refractivity contribution is 7.88. The molecular formula is C8H15NO2S. The Kier molecular flexibility index (Phi) is 4.66. The van der Waals surface area contributed by atoms with Gasteiger partial charge in [-0.25, -0.2) is 8.42 Å². The summed E-state index contributed by atoms with van der Waals surface area (Å²) in [6.07, 6.45) is 7.39. The first kappa shape index (κ1) is 11.2. The lowest BCUT2D eigenvalue weighted by Gasteiger charge is -2.02. The molecule has 0 saturated heterocycles. The Morgan fingerprint density at radius 3 is 2.42 bits per heavy atom. The zero-order valence-corrected chi connectivity index (χ0v) is 8.48. The number of allylic oxidation sites excluding steroid dienone is 3. The van der Waals surface area contributed by atoms with Crippen LogP contribution in [0.2, 0.25) is 0 Å². The molecule has 0 amide bonds. The van der Waals surface area contributed by atoms with E-state index in [4.69, 9.17) is 0 Å². The summed E-state index contributed by atoms with van der Waals surface area (Å²) in [4.78, 5) is 0. The molecule has 0 aliphatic rings. The minimum absolute atomic E-state index is 0.611. The van der Waals surface area contributed by atoms with Crippen molar-refractivity contribution < 1.29 is 8.42 Å². The van der Waals surface area contributed by atoms with Crippen LogP contribution in [0, 0.1) is 0 Å². The normalized spacial score (nSPS) is 13.8. The summed E-state index contributed by atoms with van der Waals surface area (Å²) in [5, 5.41) is 0. The molecule has 0 aliphatic carbocycles. The smallest absolute Gasteiger partial charge is 0.229 e. The van der Waals surface area contributed by atoms with Crippen molar-refractivity contribution in [3.63, 3.8) is 0 Å². The summed E-state index contributed by atoms with van der Waals surface area (Å²) in [5.74, 6) is 0. The van der Waals surface area contributed by atoms with Gasteiger partial charge >= 0.3 is 0 Å². The van der Waals surface area contributed by atoms with Crippen LogP contribution in [0.4, 0.5) is 0 Å². The average molecular weight is 189 g/mol. The van der Waals surface area contributed by atoms with Gasteiger partial charge in [0.1, 0.15) is 0 Å². The van der Waals surface area contributed by atoms with Crippen molar-refractivity contribution >= 4 is 10.0 Å². The fourth-order valence-electron chi connectivity index (χ4n) is 0.648. The lowest BCUT2D eigenvalue weighted by molar-refractivity contribution is 0.595. The monoisotopic (exact) mass is 189 g/mol. The van der Waals surface area contributed by atoms with Crippen molar-refractivity contribution in [1.82, 2.24) is 4.72 Å². The van der Waals surface area contributed by atoms with Crippen LogP contribution in [0.25, 0.3) is 0 Å². The first-order valence-corrected chi connectivity index (χ1v) is 5.69. The molecule has 0 saturated carbocycles. The third-order valence-electron chi connectivity index (χ3n) is 1.15. The maximum atomic E-state index is 10.8. The molecule has 12 heavy (non-hydrogen) atoms. The Morgan fingerprint density at radius 1 is 1.50 bits per heavy atom. The van der Waals surface area contributed by atoms with Gasteiger partial charge < -0.3 is 0 Å². The van der Waals surface area contributed by atoms with E-state index in [1.54, 1.807) is 19.1 Å². The van der Waals surface area contributed by atoms with Gasteiger partial charge in [0, 0.05) is 5.70 Å². The molecule has 0 heterocycles. The molecular weight excluding hydrogens is 174 g/mol. The predicted molar refractivity (Wildman–Crippen MR) is 51.2 cm³/mol. The summed E-state index contributed by atoms with van der Waals surface area (Å²) in [6.45, 7) is 3.78. The second kappa shape index (κ2) is 4.98. The molecule has 0 aromatic rings. The Bertz CT molecular complexity index is 275. The van der Waals surface area contributed by atoms with Crippen LogP contribution in [-0.4, -0.2) is 14.7 Å². The molecule has 0 fully saturated rings. The molecule has 0 aliphatic heterocycles. The van der Waals surface area contributed by atoms with E-state index in [1.807, 2.05) is 13.0 Å². The molecule has 1 N–H and O–H groups in total. The number of hydrogen-bond acceptors (Lipinski definition) is 2. The van der Waals surface area contributed by atoms with Gasteiger partial charge in [-0.15, -0.1) is 0 Å². The molecule has 0 radical (unpaired) electrons. The number of rotatable bonds is 4. The van der Waals surface area contributed by atoms with Crippen molar-refractivity contribution in [2.45, 2.75) is 20.3 Å². The average Bonchev–Trinajstić information content (AvgIpc) is 1.95. The fourth-order valence-corrected chi connectivity index (χ4v) is 1.26. The number of nitrogens with one attached hydrogen (secondary N) is 1. The van der Waals surface area contributed by atoms with Crippen LogP contribution in [0.15, 0.2) is 23.9 Å². The predicted octanol–water partition coefficient (Wildman–Crippen LogP) is 1.41. The Hall–Kier alpha value is -0.770. The summed E-state index contributed by atoms with van der Waals surface area (Å²) in [6, 6.07) is 0. The van der Waals surface area contributed by atoms with E-state index in [0.717, 1.165) is 12.7 Å². The van der Waals surface area contributed by atoms with E-state index in [1.165, 1.54) is 0 Å². The molecule has 0 aromatic carbocycles. The molecule has 0 spiro atoms. The first-order valence-electron chi connectivity index (χ1n) is 3.80. The number of sulfonamides is 1. The Morgan fingerprint density at radius 2 is 2.08 bits per heavy atom. The minimum atomic E-state index is -3.14. The maximum absolute atomic E-state index is 10.8. The van der Waals surface area contributed by atoms with Gasteiger partial charge in [-0.2, -0.15) is 0 Å². The first-order chi connectivity index (χ1) is 5.49. The number of hydrogen-bond donors (Lipinski definition) is 1. The highest BCUT2D eigenvalue weighted by Crippen LogP contribution is 1.95. The van der Waals surface area contributed by atoms with E-state index in [9.17, 15) is 8.42 Å². The molecule has 0 rings (SSSR count). The van der Waals surface area contributed by atoms with Gasteiger partial charge in [-0.1, -0.05) is 19.1 Å². The molecule has 0 atom stereocenters. The van der Waals surface area contributed by atoms with Crippen molar-refractivity contribution in [3.05, 3.63) is 23.9 Å². The maximum Gasteiger partial charge on any atom is 0.229 e. The van der Waals surface area contributed by atoms with E-state index in [2.05, 4.69) is 4.72 Å². The molecule has 0 aromatic heterocycles. The summed E-state index contributed by atoms with van der Waals surface area (Å²) >= 11 is 0. The molecule has 3 nitrogen and oxygen atoms in total. The SMILES string of the molecule is C/C=C(\C=C/CC)NS(C)(=O)=O. The second-order valence-electron chi connectivity index (χ2n) is 2.43. The lowest BCUT2D eigenvalue weighted by atomic mass is 10.3. The standard InChI is InChI=1S/C8H15NO2S/c1-4-6-7-8(5-2)9-12(3,10)11/h5-7,9H,4H2,1-3H3/b7-6-,8-5+. The van der Waals surface area contributed by atoms with Crippen LogP contribution < -0.4 is 4.72 Å². The van der Waals surface area contributed by atoms with E-state index in [-0.39, 0.29) is 0 Å².